The van der Waals surface area contributed by atoms with E-state index < -0.39 is 204 Å². The van der Waals surface area contributed by atoms with Crippen LogP contribution in [0.15, 0.2) is 97.2 Å². The van der Waals surface area contributed by atoms with Crippen molar-refractivity contribution in [1.29, 1.82) is 0 Å². The number of carbonyl (C=O) groups is 19. The van der Waals surface area contributed by atoms with Crippen molar-refractivity contribution in [2.24, 2.45) is 17.6 Å². The summed E-state index contributed by atoms with van der Waals surface area (Å²) in [5, 5.41) is 60.2. The number of Topliss-reactive ketones (excluding diaryl/α,β-unsaturated/α-hetero) is 13. The molecule has 0 aliphatic carbocycles. The molecular weight excluding hydrogens is 2000 g/mol. The standard InChI is InChI=1S/C106H162IN19O21/c1-63(2)50-84(119-73(13)128)103(146)121-99(72(12)127)101(144)100(143)82(52-74-30-24-23-25-31-74)125-126-106(15)46-29-22-20-18-16-17-19-21-28-45-105(14,95(139)59-114-68(8)89(133)43-48-111-66(6)87(131)40-39-86(130)65(5)110-47-42-88(132)67(7)112-49-44-90(134)69(9)118-62-109-61-97(107)141)122-104(147)85(51-64(3)4)124-123-80(38-41-98(108)142)94(138)58-113-70(10)91(135)55-92(136)81(54-76-56-116-79-33-27-26-32-78(76)79)120-102(145)83(53-75-34-36-77(129)37-35-75)117-57-93(137)71(11)115-60-96(106)140/h17,19,23-27,30-37,56,63-72,80-85,99,109-118,123-127,129H,16,18,20-22,28-29,38-55,57-62H2,1-15H3,(H2,108,142)(H,119,128)(H,120,145)(H,121,146)(H,122,147)/t65-,66-,67-,68-,69-,70-,71-,72+,80-,81-,82-,83-,84-,85-,99-,105-,106+/m0/s1. The van der Waals surface area contributed by atoms with Crippen LogP contribution in [-0.4, -0.2) is 284 Å². The monoisotopic (exact) mass is 2160 g/mol. The number of fused-ring (bicyclic) bond motifs is 1. The fraction of sp³-hybridized carbons (Fsp3) is 0.613. The molecule has 1 aliphatic rings. The normalized spacial score (nSPS) is 21.7. The van der Waals surface area contributed by atoms with Gasteiger partial charge in [-0.15, -0.1) is 0 Å². The summed E-state index contributed by atoms with van der Waals surface area (Å²) >= 11 is 1.68. The van der Waals surface area contributed by atoms with Gasteiger partial charge in [0, 0.05) is 118 Å². The van der Waals surface area contributed by atoms with Gasteiger partial charge in [-0.05, 0) is 187 Å². The molecule has 1 aromatic heterocycles. The smallest absolute Gasteiger partial charge is 0.243 e. The molecule has 22 N–H and O–H groups in total. The highest BCUT2D eigenvalue weighted by atomic mass is 127. The fourth-order valence-electron chi connectivity index (χ4n) is 16.5. The average Bonchev–Trinajstić information content (AvgIpc) is 1.53. The second-order valence-electron chi connectivity index (χ2n) is 40.0. The van der Waals surface area contributed by atoms with E-state index in [1.165, 1.54) is 39.8 Å². The zero-order valence-electron chi connectivity index (χ0n) is 88.1. The molecule has 3 aromatic carbocycles. The van der Waals surface area contributed by atoms with Crippen molar-refractivity contribution in [2.75, 3.05) is 59.0 Å². The van der Waals surface area contributed by atoms with Gasteiger partial charge in [-0.25, -0.2) is 21.7 Å². The van der Waals surface area contributed by atoms with E-state index in [0.29, 0.717) is 72.5 Å². The molecule has 1 aliphatic heterocycles. The summed E-state index contributed by atoms with van der Waals surface area (Å²) < 4.78 is -0.0582. The lowest BCUT2D eigenvalue weighted by atomic mass is 9.88. The number of carbonyl (C=O) groups excluding carboxylic acids is 19. The molecule has 0 unspecified atom stereocenters. The van der Waals surface area contributed by atoms with Crippen LogP contribution < -0.4 is 96.6 Å². The van der Waals surface area contributed by atoms with Crippen LogP contribution in [-0.2, 0) is 110 Å². The first-order valence-electron chi connectivity index (χ1n) is 51.4. The molecule has 814 valence electrons. The zero-order valence-corrected chi connectivity index (χ0v) is 90.2. The van der Waals surface area contributed by atoms with Crippen molar-refractivity contribution in [3.05, 3.63) is 114 Å². The van der Waals surface area contributed by atoms with Crippen molar-refractivity contribution in [3.63, 3.8) is 0 Å². The minimum absolute atomic E-state index is 0.0582. The Labute approximate surface area is 877 Å². The number of benzene rings is 3. The third-order valence-corrected chi connectivity index (χ3v) is 26.7. The predicted octanol–water partition coefficient (Wildman–Crippen LogP) is 3.18. The first kappa shape index (κ1) is 127. The highest BCUT2D eigenvalue weighted by molar-refractivity contribution is 14.1. The highest BCUT2D eigenvalue weighted by Gasteiger charge is 2.42. The number of ketones is 13. The molecular formula is C106H162IN19O21. The van der Waals surface area contributed by atoms with E-state index in [1.807, 2.05) is 58.0 Å². The van der Waals surface area contributed by atoms with Crippen molar-refractivity contribution in [2.45, 2.75) is 347 Å². The summed E-state index contributed by atoms with van der Waals surface area (Å²) in [6.45, 7) is 23.4. The van der Waals surface area contributed by atoms with E-state index in [9.17, 15) is 91.7 Å². The summed E-state index contributed by atoms with van der Waals surface area (Å²) in [5.74, 6) is -10.6. The summed E-state index contributed by atoms with van der Waals surface area (Å²) in [7, 11) is 0. The number of allylic oxidation sites excluding steroid dienone is 2. The van der Waals surface area contributed by atoms with Crippen molar-refractivity contribution in [1.82, 2.24) is 95.8 Å². The van der Waals surface area contributed by atoms with Crippen LogP contribution in [0.25, 0.3) is 10.9 Å². The maximum atomic E-state index is 15.1. The van der Waals surface area contributed by atoms with E-state index in [4.69, 9.17) is 5.73 Å². The average molecular weight is 2170 g/mol. The molecule has 2 heterocycles. The Morgan fingerprint density at radius 3 is 1.66 bits per heavy atom. The Kier molecular flexibility index (Phi) is 57.3. The lowest BCUT2D eigenvalue weighted by molar-refractivity contribution is -0.142. The lowest BCUT2D eigenvalue weighted by Gasteiger charge is -2.33. The number of phenols is 1. The molecule has 5 amide bonds. The van der Waals surface area contributed by atoms with Crippen LogP contribution in [0.5, 0.6) is 5.75 Å². The number of hydrogen-bond acceptors (Lipinski definition) is 34. The Morgan fingerprint density at radius 1 is 0.524 bits per heavy atom. The van der Waals surface area contributed by atoms with Crippen molar-refractivity contribution in [3.8, 4) is 5.75 Å². The highest BCUT2D eigenvalue weighted by Crippen LogP contribution is 2.25. The van der Waals surface area contributed by atoms with Gasteiger partial charge in [0.15, 0.2) is 52.0 Å². The minimum atomic E-state index is -1.77. The van der Waals surface area contributed by atoms with Gasteiger partial charge in [0.05, 0.1) is 123 Å². The number of halogens is 1. The molecule has 0 saturated carbocycles. The molecule has 0 saturated heterocycles. The Morgan fingerprint density at radius 2 is 1.07 bits per heavy atom. The van der Waals surface area contributed by atoms with Crippen LogP contribution >= 0.6 is 22.6 Å². The first-order chi connectivity index (χ1) is 69.5. The van der Waals surface area contributed by atoms with Crippen LogP contribution in [0.2, 0.25) is 0 Å². The number of H-pyrrole nitrogens is 1. The molecule has 0 bridgehead atoms. The molecule has 41 heteroatoms. The summed E-state index contributed by atoms with van der Waals surface area (Å²) in [5.41, 5.74) is 17.0. The van der Waals surface area contributed by atoms with Gasteiger partial charge in [0.25, 0.3) is 0 Å². The van der Waals surface area contributed by atoms with Crippen molar-refractivity contribution >= 4 is 142 Å². The van der Waals surface area contributed by atoms with E-state index in [-0.39, 0.29) is 180 Å². The van der Waals surface area contributed by atoms with Gasteiger partial charge >= 0.3 is 0 Å². The molecule has 5 rings (SSSR count). The Bertz CT molecular complexity index is 5060. The van der Waals surface area contributed by atoms with Crippen molar-refractivity contribution < 1.29 is 101 Å². The second kappa shape index (κ2) is 66.3. The topological polar surface area (TPSA) is 611 Å². The largest absolute Gasteiger partial charge is 0.508 e. The van der Waals surface area contributed by atoms with Crippen LogP contribution in [0.4, 0.5) is 0 Å². The number of aliphatic hydroxyl groups is 1. The third-order valence-electron chi connectivity index (χ3n) is 26.3. The minimum Gasteiger partial charge on any atom is -0.508 e. The number of aromatic amines is 1. The summed E-state index contributed by atoms with van der Waals surface area (Å²) in [6, 6.07) is 6.95. The van der Waals surface area contributed by atoms with Crippen LogP contribution in [0.3, 0.4) is 0 Å². The van der Waals surface area contributed by atoms with E-state index in [0.717, 1.165) is 0 Å². The number of rotatable bonds is 52. The molecule has 0 spiro atoms. The van der Waals surface area contributed by atoms with Gasteiger partial charge < -0.3 is 74.1 Å². The molecule has 40 nitrogen and oxygen atoms in total. The van der Waals surface area contributed by atoms with Gasteiger partial charge in [-0.1, -0.05) is 120 Å². The van der Waals surface area contributed by atoms with Gasteiger partial charge in [-0.3, -0.25) is 107 Å². The lowest BCUT2D eigenvalue weighted by Crippen LogP contribution is -2.64. The Hall–Kier alpha value is -10.4. The number of nitrogens with two attached hydrogens (primary N) is 1. The van der Waals surface area contributed by atoms with Gasteiger partial charge in [0.2, 0.25) is 44.9 Å². The number of nitrogens with one attached hydrogen (secondary N) is 18. The van der Waals surface area contributed by atoms with E-state index in [2.05, 4.69) is 95.8 Å². The number of aromatic hydroxyl groups is 1. The number of primary amides is 1. The van der Waals surface area contributed by atoms with Gasteiger partial charge in [0.1, 0.15) is 35.4 Å². The maximum Gasteiger partial charge on any atom is 0.243 e. The summed E-state index contributed by atoms with van der Waals surface area (Å²) in [4.78, 5) is 266. The quantitative estimate of drug-likeness (QED) is 0.00441. The molecule has 17 atom stereocenters. The van der Waals surface area contributed by atoms with Crippen LogP contribution in [0, 0.1) is 11.8 Å². The zero-order chi connectivity index (χ0) is 109. The Balaban J connectivity index is 1.41. The summed E-state index contributed by atoms with van der Waals surface area (Å²) in [6.07, 6.45) is 6.74. The molecule has 0 radical (unpaired) electrons. The van der Waals surface area contributed by atoms with E-state index in [1.54, 1.807) is 126 Å². The number of aliphatic hydroxyl groups excluding tert-OH is 1. The van der Waals surface area contributed by atoms with Crippen LogP contribution in [0.1, 0.15) is 243 Å². The SMILES string of the molecule is CC(=O)N[C@@H](CC(C)C)C(=O)N[C@H](C(=O)C(=O)[C@H](Cc1ccccc1)NN[C@]1(C)CCCCCCC=CCCC[C@@](C)(C(=O)CN[C@@H](C)C(=O)CCN[C@@H](C)C(=O)CCC(=O)[C@H](C)NCCC(=O)[C@H](C)NCCC(=O)[C@H](C)NCNCC(=O)I)NC(=O)[C@H](CC(C)C)NN[C@@H](CCC(N)=O)C(=O)CN[C@@H](C)C(=O)CC(=O)[C@H](Cc2c[nH]c3ccccc23)NC(=O)[C@H](Cc2ccc(O)cc2)NCC(=O)[C@H](C)NCC1=O)[C@@H](C)O. The number of aromatic nitrogens is 1. The molecule has 147 heavy (non-hydrogen) atoms. The van der Waals surface area contributed by atoms with Gasteiger partial charge in [-0.2, -0.15) is 0 Å². The molecule has 4 aromatic rings. The number of phenolic OH excluding ortho intramolecular Hbond substituents is 1. The van der Waals surface area contributed by atoms with E-state index >= 15 is 9.59 Å². The predicted molar refractivity (Wildman–Crippen MR) is 568 cm³/mol. The number of amides is 5. The number of hydrogen-bond donors (Lipinski definition) is 21. The number of hydrazine groups is 2. The maximum absolute atomic E-state index is 15.1. The third kappa shape index (κ3) is 47.2. The number of para-hydroxylation sites is 1. The molecule has 0 fully saturated rings. The second-order valence-corrected chi connectivity index (χ2v) is 41.2. The first-order valence-corrected chi connectivity index (χ1v) is 52.5. The fourth-order valence-corrected chi connectivity index (χ4v) is 16.8.